The summed E-state index contributed by atoms with van der Waals surface area (Å²) in [7, 11) is 0. The Labute approximate surface area is 286 Å². The number of aromatic nitrogens is 7. The molecule has 4 rings (SSSR count). The number of nitrogens with two attached hydrogens (primary N) is 2. The molecule has 0 saturated carbocycles. The molecule has 0 saturated heterocycles. The number of ether oxygens (including phenoxy) is 1. The van der Waals surface area contributed by atoms with Gasteiger partial charge in [0.05, 0.1) is 17.6 Å². The minimum absolute atomic E-state index is 0.00722. The molecule has 20 heteroatoms. The minimum atomic E-state index is -5.09. The summed E-state index contributed by atoms with van der Waals surface area (Å²) >= 11 is 12.2. The molecule has 0 fully saturated rings. The summed E-state index contributed by atoms with van der Waals surface area (Å²) in [5.41, 5.74) is 10.4. The summed E-state index contributed by atoms with van der Waals surface area (Å²) in [6, 6.07) is 7.97. The van der Waals surface area contributed by atoms with Crippen LogP contribution in [0.3, 0.4) is 0 Å². The number of primary amides is 1. The predicted octanol–water partition coefficient (Wildman–Crippen LogP) is 2.50. The van der Waals surface area contributed by atoms with Crippen molar-refractivity contribution in [2.45, 2.75) is 58.1 Å². The van der Waals surface area contributed by atoms with Crippen LogP contribution < -0.4 is 22.5 Å². The van der Waals surface area contributed by atoms with Crippen molar-refractivity contribution in [3.8, 4) is 17.2 Å². The van der Waals surface area contributed by atoms with Gasteiger partial charge in [0, 0.05) is 29.7 Å². The van der Waals surface area contributed by atoms with E-state index in [-0.39, 0.29) is 52.8 Å². The minimum Gasteiger partial charge on any atom is -0.451 e. The Morgan fingerprint density at radius 3 is 2.39 bits per heavy atom. The monoisotopic (exact) mass is 726 g/mol. The van der Waals surface area contributed by atoms with Gasteiger partial charge < -0.3 is 21.5 Å². The van der Waals surface area contributed by atoms with Crippen LogP contribution in [0.15, 0.2) is 47.4 Å². The Kier molecular flexibility index (Phi) is 11.8. The van der Waals surface area contributed by atoms with E-state index in [9.17, 15) is 32.3 Å². The van der Waals surface area contributed by atoms with Crippen LogP contribution in [0.2, 0.25) is 10.0 Å². The number of carbonyl (C=O) groups is 3. The largest absolute Gasteiger partial charge is 0.451 e. The second-order valence-electron chi connectivity index (χ2n) is 11.0. The van der Waals surface area contributed by atoms with Gasteiger partial charge in [0.2, 0.25) is 17.8 Å². The van der Waals surface area contributed by atoms with Crippen molar-refractivity contribution in [1.29, 1.82) is 0 Å². The molecular weight excluding hydrogens is 696 g/mol. The first kappa shape index (κ1) is 37.0. The van der Waals surface area contributed by atoms with Gasteiger partial charge in [-0.25, -0.2) is 19.4 Å². The van der Waals surface area contributed by atoms with Crippen LogP contribution >= 0.6 is 23.2 Å². The Morgan fingerprint density at radius 2 is 1.78 bits per heavy atom. The number of hydrogen-bond acceptors (Lipinski definition) is 10. The molecule has 262 valence electrons. The number of halogens is 5. The number of pyridine rings is 1. The van der Waals surface area contributed by atoms with Gasteiger partial charge in [-0.05, 0) is 48.7 Å². The molecule has 4 aromatic rings. The molecule has 0 spiro atoms. The third-order valence-corrected chi connectivity index (χ3v) is 7.54. The molecule has 0 bridgehead atoms. The zero-order chi connectivity index (χ0) is 36.0. The maximum absolute atomic E-state index is 14.2. The van der Waals surface area contributed by atoms with E-state index in [0.29, 0.717) is 9.59 Å². The van der Waals surface area contributed by atoms with Crippen LogP contribution in [0.5, 0.6) is 0 Å². The lowest BCUT2D eigenvalue weighted by Crippen LogP contribution is -2.44. The number of nitrogens with zero attached hydrogens (tertiary/aromatic N) is 7. The molecule has 49 heavy (non-hydrogen) atoms. The van der Waals surface area contributed by atoms with E-state index in [4.69, 9.17) is 39.4 Å². The lowest BCUT2D eigenvalue weighted by atomic mass is 10.1. The summed E-state index contributed by atoms with van der Waals surface area (Å²) in [5.74, 6) is -3.59. The van der Waals surface area contributed by atoms with Gasteiger partial charge >= 0.3 is 17.8 Å². The number of nitrogens with one attached hydrogen (secondary N) is 1. The normalized spacial score (nSPS) is 12.9. The standard InChI is InChI=1S/C29H31Cl2F3N10O5/c1-15(2)22(35)27(47)38-12-4-6-21(45)49-19(29(32,33)34)13-42-24(16-7-9-17(30)10-8-16)41-43(28(42)48)14-20-39-26(23(36)46)44(40-20)25-18(31)5-3-11-37-25/h3,5,7-11,15,19,22H,4,6,12-14,35H2,1-2H3,(H2,36,46)(H,38,47)/t19-,22-/m0/s1. The van der Waals surface area contributed by atoms with E-state index in [0.717, 1.165) is 9.36 Å². The highest BCUT2D eigenvalue weighted by Gasteiger charge is 2.44. The summed E-state index contributed by atoms with van der Waals surface area (Å²) in [6.07, 6.45) is -6.95. The summed E-state index contributed by atoms with van der Waals surface area (Å²) in [6.45, 7) is 1.79. The molecule has 0 radical (unpaired) electrons. The predicted molar refractivity (Wildman–Crippen MR) is 170 cm³/mol. The van der Waals surface area contributed by atoms with Gasteiger partial charge in [-0.15, -0.1) is 10.2 Å². The number of hydrogen-bond donors (Lipinski definition) is 3. The van der Waals surface area contributed by atoms with Crippen LogP contribution in [0, 0.1) is 5.92 Å². The van der Waals surface area contributed by atoms with Crippen molar-refractivity contribution < 1.29 is 32.3 Å². The summed E-state index contributed by atoms with van der Waals surface area (Å²) < 4.78 is 49.9. The van der Waals surface area contributed by atoms with Crippen LogP contribution in [0.1, 0.15) is 43.1 Å². The fourth-order valence-corrected chi connectivity index (χ4v) is 4.70. The molecular formula is C29H31Cl2F3N10O5. The van der Waals surface area contributed by atoms with Crippen molar-refractivity contribution in [1.82, 2.24) is 39.4 Å². The number of rotatable bonds is 14. The molecule has 0 aliphatic heterocycles. The van der Waals surface area contributed by atoms with E-state index < -0.39 is 61.3 Å². The molecule has 1 aromatic carbocycles. The molecule has 5 N–H and O–H groups in total. The van der Waals surface area contributed by atoms with Crippen molar-refractivity contribution in [2.24, 2.45) is 17.4 Å². The van der Waals surface area contributed by atoms with Crippen LogP contribution in [-0.4, -0.2) is 76.7 Å². The highest BCUT2D eigenvalue weighted by atomic mass is 35.5. The van der Waals surface area contributed by atoms with Crippen molar-refractivity contribution in [3.63, 3.8) is 0 Å². The smallest absolute Gasteiger partial charge is 0.427 e. The molecule has 2 atom stereocenters. The zero-order valence-electron chi connectivity index (χ0n) is 26.0. The van der Waals surface area contributed by atoms with E-state index >= 15 is 0 Å². The third-order valence-electron chi connectivity index (χ3n) is 6.99. The van der Waals surface area contributed by atoms with Crippen LogP contribution in [0.4, 0.5) is 13.2 Å². The summed E-state index contributed by atoms with van der Waals surface area (Å²) in [4.78, 5) is 58.3. The Bertz CT molecular complexity index is 1880. The van der Waals surface area contributed by atoms with E-state index in [1.165, 1.54) is 42.6 Å². The topological polar surface area (TPSA) is 208 Å². The SMILES string of the molecule is CC(C)[C@H](N)C(=O)NCCCC(=O)O[C@@H](Cn1c(-c2ccc(Cl)cc2)nn(Cc2nc(C(N)=O)n(-c3ncccc3Cl)n2)c1=O)C(F)(F)F. The van der Waals surface area contributed by atoms with Gasteiger partial charge in [0.15, 0.2) is 17.5 Å². The zero-order valence-corrected chi connectivity index (χ0v) is 27.5. The summed E-state index contributed by atoms with van der Waals surface area (Å²) in [5, 5.41) is 11.3. The molecule has 3 heterocycles. The number of amides is 2. The third kappa shape index (κ3) is 9.21. The molecule has 0 unspecified atom stereocenters. The van der Waals surface area contributed by atoms with Gasteiger partial charge in [-0.2, -0.15) is 17.9 Å². The first-order chi connectivity index (χ1) is 23.1. The fraction of sp³-hybridized carbons (Fsp3) is 0.379. The fourth-order valence-electron chi connectivity index (χ4n) is 4.37. The average Bonchev–Trinajstić information content (AvgIpc) is 3.59. The van der Waals surface area contributed by atoms with Gasteiger partial charge in [0.25, 0.3) is 5.91 Å². The lowest BCUT2D eigenvalue weighted by Gasteiger charge is -2.21. The second-order valence-corrected chi connectivity index (χ2v) is 11.8. The molecule has 2 amide bonds. The number of esters is 1. The van der Waals surface area contributed by atoms with E-state index in [1.54, 1.807) is 13.8 Å². The quantitative estimate of drug-likeness (QED) is 0.128. The first-order valence-corrected chi connectivity index (χ1v) is 15.4. The Morgan fingerprint density at radius 1 is 1.08 bits per heavy atom. The number of benzene rings is 1. The van der Waals surface area contributed by atoms with Gasteiger partial charge in [0.1, 0.15) is 6.54 Å². The maximum Gasteiger partial charge on any atom is 0.427 e. The molecule has 15 nitrogen and oxygen atoms in total. The van der Waals surface area contributed by atoms with Crippen molar-refractivity contribution in [3.05, 3.63) is 74.8 Å². The molecule has 0 aliphatic rings. The Hall–Kier alpha value is -4.81. The highest BCUT2D eigenvalue weighted by molar-refractivity contribution is 6.32. The maximum atomic E-state index is 14.2. The van der Waals surface area contributed by atoms with Crippen LogP contribution in [0.25, 0.3) is 17.2 Å². The molecule has 3 aromatic heterocycles. The highest BCUT2D eigenvalue weighted by Crippen LogP contribution is 2.27. The average molecular weight is 728 g/mol. The molecule has 0 aliphatic carbocycles. The van der Waals surface area contributed by atoms with Crippen molar-refractivity contribution in [2.75, 3.05) is 6.54 Å². The Balaban J connectivity index is 1.61. The number of alkyl halides is 3. The number of carbonyl (C=O) groups excluding carboxylic acids is 3. The van der Waals surface area contributed by atoms with Gasteiger partial charge in [-0.3, -0.25) is 19.0 Å². The first-order valence-electron chi connectivity index (χ1n) is 14.7. The lowest BCUT2D eigenvalue weighted by molar-refractivity contribution is -0.224. The van der Waals surface area contributed by atoms with E-state index in [1.807, 2.05) is 0 Å². The van der Waals surface area contributed by atoms with Crippen LogP contribution in [-0.2, 0) is 27.4 Å². The van der Waals surface area contributed by atoms with E-state index in [2.05, 4.69) is 25.5 Å². The van der Waals surface area contributed by atoms with Gasteiger partial charge in [-0.1, -0.05) is 37.0 Å². The van der Waals surface area contributed by atoms with Crippen molar-refractivity contribution >= 4 is 41.0 Å². The second kappa shape index (κ2) is 15.6.